The van der Waals surface area contributed by atoms with Crippen LogP contribution in [0.4, 0.5) is 0 Å². The summed E-state index contributed by atoms with van der Waals surface area (Å²) in [7, 11) is 1.94. The van der Waals surface area contributed by atoms with Crippen molar-refractivity contribution in [1.82, 2.24) is 19.6 Å². The van der Waals surface area contributed by atoms with E-state index in [4.69, 9.17) is 5.73 Å². The van der Waals surface area contributed by atoms with E-state index in [1.54, 1.807) is 0 Å². The van der Waals surface area contributed by atoms with E-state index in [0.717, 1.165) is 36.3 Å². The first kappa shape index (κ1) is 13.8. The van der Waals surface area contributed by atoms with Crippen LogP contribution in [0.1, 0.15) is 42.5 Å². The zero-order valence-corrected chi connectivity index (χ0v) is 12.2. The van der Waals surface area contributed by atoms with Crippen LogP contribution in [0.25, 0.3) is 0 Å². The molecule has 1 unspecified atom stereocenters. The van der Waals surface area contributed by atoms with Crippen molar-refractivity contribution in [2.24, 2.45) is 12.8 Å². The first-order chi connectivity index (χ1) is 9.05. The fraction of sp³-hybridized carbons (Fsp3) is 0.571. The van der Waals surface area contributed by atoms with E-state index in [0.29, 0.717) is 0 Å². The molecule has 0 aliphatic rings. The van der Waals surface area contributed by atoms with Gasteiger partial charge in [-0.15, -0.1) is 0 Å². The highest BCUT2D eigenvalue weighted by Crippen LogP contribution is 2.20. The molecule has 2 heterocycles. The minimum absolute atomic E-state index is 0.0231. The Morgan fingerprint density at radius 3 is 2.68 bits per heavy atom. The third kappa shape index (κ3) is 2.87. The Labute approximate surface area is 114 Å². The van der Waals surface area contributed by atoms with Gasteiger partial charge in [-0.25, -0.2) is 0 Å². The molecule has 2 aromatic heterocycles. The van der Waals surface area contributed by atoms with Crippen LogP contribution in [0.5, 0.6) is 0 Å². The van der Waals surface area contributed by atoms with Gasteiger partial charge in [0.15, 0.2) is 0 Å². The maximum absolute atomic E-state index is 6.36. The summed E-state index contributed by atoms with van der Waals surface area (Å²) in [5.41, 5.74) is 10.8. The van der Waals surface area contributed by atoms with Crippen LogP contribution in [-0.2, 0) is 26.4 Å². The second kappa shape index (κ2) is 5.57. The van der Waals surface area contributed by atoms with Gasteiger partial charge in [-0.1, -0.05) is 6.92 Å². The van der Waals surface area contributed by atoms with Gasteiger partial charge in [0.2, 0.25) is 0 Å². The molecule has 0 fully saturated rings. The molecule has 0 radical (unpaired) electrons. The van der Waals surface area contributed by atoms with E-state index in [1.807, 2.05) is 29.5 Å². The number of hydrogen-bond donors (Lipinski definition) is 1. The average molecular weight is 261 g/mol. The summed E-state index contributed by atoms with van der Waals surface area (Å²) in [4.78, 5) is 0. The van der Waals surface area contributed by atoms with Gasteiger partial charge < -0.3 is 5.73 Å². The highest BCUT2D eigenvalue weighted by Gasteiger charge is 2.16. The molecule has 5 heteroatoms. The lowest BCUT2D eigenvalue weighted by Gasteiger charge is -2.12. The highest BCUT2D eigenvalue weighted by molar-refractivity contribution is 5.23. The molecule has 104 valence electrons. The Bertz CT molecular complexity index is 552. The average Bonchev–Trinajstić information content (AvgIpc) is 2.92. The zero-order chi connectivity index (χ0) is 14.0. The van der Waals surface area contributed by atoms with Gasteiger partial charge in [-0.3, -0.25) is 9.36 Å². The molecule has 2 N–H and O–H groups in total. The molecule has 0 saturated carbocycles. The third-order valence-corrected chi connectivity index (χ3v) is 3.39. The van der Waals surface area contributed by atoms with Gasteiger partial charge in [0.1, 0.15) is 0 Å². The van der Waals surface area contributed by atoms with Gasteiger partial charge in [0, 0.05) is 43.5 Å². The van der Waals surface area contributed by atoms with Gasteiger partial charge in [-0.2, -0.15) is 10.2 Å². The molecule has 0 spiro atoms. The molecule has 1 atom stereocenters. The molecule has 19 heavy (non-hydrogen) atoms. The standard InChI is InChI=1S/C14H23N5/c1-5-14-12(9-18(4)17-14)13(15)8-11-7-10(3)16-19(11)6-2/h7,9,13H,5-6,8,15H2,1-4H3. The van der Waals surface area contributed by atoms with Crippen molar-refractivity contribution < 1.29 is 0 Å². The van der Waals surface area contributed by atoms with Crippen molar-refractivity contribution in [3.8, 4) is 0 Å². The van der Waals surface area contributed by atoms with E-state index in [9.17, 15) is 0 Å². The maximum Gasteiger partial charge on any atom is 0.0669 e. The number of aromatic nitrogens is 4. The van der Waals surface area contributed by atoms with E-state index in [-0.39, 0.29) is 6.04 Å². The maximum atomic E-state index is 6.36. The van der Waals surface area contributed by atoms with Crippen LogP contribution in [-0.4, -0.2) is 19.6 Å². The van der Waals surface area contributed by atoms with Crippen molar-refractivity contribution in [3.05, 3.63) is 34.9 Å². The zero-order valence-electron chi connectivity index (χ0n) is 12.2. The largest absolute Gasteiger partial charge is 0.324 e. The summed E-state index contributed by atoms with van der Waals surface area (Å²) in [6.07, 6.45) is 3.74. The molecule has 0 saturated heterocycles. The fourth-order valence-corrected chi connectivity index (χ4v) is 2.51. The monoisotopic (exact) mass is 261 g/mol. The van der Waals surface area contributed by atoms with Gasteiger partial charge >= 0.3 is 0 Å². The number of nitrogens with zero attached hydrogens (tertiary/aromatic N) is 4. The van der Waals surface area contributed by atoms with E-state index in [2.05, 4.69) is 30.1 Å². The van der Waals surface area contributed by atoms with Crippen LogP contribution in [0.2, 0.25) is 0 Å². The lowest BCUT2D eigenvalue weighted by molar-refractivity contribution is 0.585. The normalized spacial score (nSPS) is 12.9. The minimum atomic E-state index is -0.0231. The SMILES string of the molecule is CCc1nn(C)cc1C(N)Cc1cc(C)nn1CC. The summed E-state index contributed by atoms with van der Waals surface area (Å²) < 4.78 is 3.87. The Balaban J connectivity index is 2.22. The molecular formula is C14H23N5. The molecule has 0 amide bonds. The molecule has 5 nitrogen and oxygen atoms in total. The van der Waals surface area contributed by atoms with Crippen molar-refractivity contribution >= 4 is 0 Å². The van der Waals surface area contributed by atoms with Crippen LogP contribution in [0, 0.1) is 6.92 Å². The molecular weight excluding hydrogens is 238 g/mol. The van der Waals surface area contributed by atoms with Crippen molar-refractivity contribution in [1.29, 1.82) is 0 Å². The van der Waals surface area contributed by atoms with Crippen LogP contribution >= 0.6 is 0 Å². The summed E-state index contributed by atoms with van der Waals surface area (Å²) >= 11 is 0. The Hall–Kier alpha value is -1.62. The van der Waals surface area contributed by atoms with E-state index in [1.165, 1.54) is 5.69 Å². The lowest BCUT2D eigenvalue weighted by atomic mass is 10.0. The topological polar surface area (TPSA) is 61.7 Å². The molecule has 2 rings (SSSR count). The molecule has 0 aliphatic heterocycles. The second-order valence-corrected chi connectivity index (χ2v) is 4.96. The van der Waals surface area contributed by atoms with Gasteiger partial charge in [0.25, 0.3) is 0 Å². The Morgan fingerprint density at radius 1 is 1.32 bits per heavy atom. The van der Waals surface area contributed by atoms with E-state index >= 15 is 0 Å². The van der Waals surface area contributed by atoms with Crippen molar-refractivity contribution in [3.63, 3.8) is 0 Å². The number of nitrogens with two attached hydrogens (primary N) is 1. The predicted molar refractivity (Wildman–Crippen MR) is 75.9 cm³/mol. The Kier molecular flexibility index (Phi) is 4.04. The van der Waals surface area contributed by atoms with E-state index < -0.39 is 0 Å². The van der Waals surface area contributed by atoms with Gasteiger partial charge in [-0.05, 0) is 26.3 Å². The van der Waals surface area contributed by atoms with Crippen molar-refractivity contribution in [2.75, 3.05) is 0 Å². The number of aryl methyl sites for hydroxylation is 4. The minimum Gasteiger partial charge on any atom is -0.324 e. The molecule has 2 aromatic rings. The summed E-state index contributed by atoms with van der Waals surface area (Å²) in [6.45, 7) is 7.11. The highest BCUT2D eigenvalue weighted by atomic mass is 15.3. The Morgan fingerprint density at radius 2 is 2.05 bits per heavy atom. The van der Waals surface area contributed by atoms with Crippen LogP contribution in [0.15, 0.2) is 12.3 Å². The molecule has 0 bridgehead atoms. The number of hydrogen-bond acceptors (Lipinski definition) is 3. The summed E-state index contributed by atoms with van der Waals surface area (Å²) in [6, 6.07) is 2.09. The fourth-order valence-electron chi connectivity index (χ4n) is 2.51. The van der Waals surface area contributed by atoms with Gasteiger partial charge in [0.05, 0.1) is 11.4 Å². The van der Waals surface area contributed by atoms with Crippen LogP contribution in [0.3, 0.4) is 0 Å². The number of rotatable bonds is 5. The predicted octanol–water partition coefficient (Wildman–Crippen LogP) is 1.75. The second-order valence-electron chi connectivity index (χ2n) is 4.96. The molecule has 0 aromatic carbocycles. The third-order valence-electron chi connectivity index (χ3n) is 3.39. The molecule has 0 aliphatic carbocycles. The summed E-state index contributed by atoms with van der Waals surface area (Å²) in [5, 5.41) is 8.92. The van der Waals surface area contributed by atoms with Crippen LogP contribution < -0.4 is 5.73 Å². The summed E-state index contributed by atoms with van der Waals surface area (Å²) in [5.74, 6) is 0. The quantitative estimate of drug-likeness (QED) is 0.892. The van der Waals surface area contributed by atoms with Crippen molar-refractivity contribution in [2.45, 2.75) is 46.2 Å². The first-order valence-corrected chi connectivity index (χ1v) is 6.86. The first-order valence-electron chi connectivity index (χ1n) is 6.86. The lowest BCUT2D eigenvalue weighted by Crippen LogP contribution is -2.17. The smallest absolute Gasteiger partial charge is 0.0669 e.